The minimum Gasteiger partial charge on any atom is -0.379 e. The van der Waals surface area contributed by atoms with Crippen LogP contribution in [0.15, 0.2) is 5.38 Å². The van der Waals surface area contributed by atoms with Crippen LogP contribution in [-0.4, -0.2) is 24.7 Å². The monoisotopic (exact) mass is 284 g/mol. The van der Waals surface area contributed by atoms with E-state index < -0.39 is 0 Å². The van der Waals surface area contributed by atoms with Crippen molar-refractivity contribution in [1.29, 1.82) is 0 Å². The van der Waals surface area contributed by atoms with Crippen molar-refractivity contribution >= 4 is 11.3 Å². The average molecular weight is 284 g/mol. The summed E-state index contributed by atoms with van der Waals surface area (Å²) in [6, 6.07) is 0. The van der Waals surface area contributed by atoms with Crippen LogP contribution in [0.25, 0.3) is 0 Å². The molecule has 110 valence electrons. The lowest BCUT2D eigenvalue weighted by Crippen LogP contribution is -2.49. The van der Waals surface area contributed by atoms with Crippen LogP contribution >= 0.6 is 11.3 Å². The number of nitrogens with one attached hydrogen (secondary N) is 1. The van der Waals surface area contributed by atoms with Gasteiger partial charge < -0.3 is 10.1 Å². The zero-order chi connectivity index (χ0) is 14.7. The Labute approximate surface area is 121 Å². The molecular formula is C15H28N2OS. The van der Waals surface area contributed by atoms with Crippen LogP contribution in [0.2, 0.25) is 0 Å². The second-order valence-electron chi connectivity index (χ2n) is 6.29. The van der Waals surface area contributed by atoms with E-state index in [2.05, 4.69) is 52.2 Å². The summed E-state index contributed by atoms with van der Waals surface area (Å²) in [5, 5.41) is 6.88. The van der Waals surface area contributed by atoms with Gasteiger partial charge >= 0.3 is 0 Å². The molecule has 0 radical (unpaired) electrons. The van der Waals surface area contributed by atoms with Gasteiger partial charge in [-0.1, -0.05) is 27.7 Å². The molecule has 0 fully saturated rings. The third-order valence-corrected chi connectivity index (χ3v) is 4.71. The number of rotatable bonds is 6. The lowest BCUT2D eigenvalue weighted by Gasteiger charge is -2.34. The van der Waals surface area contributed by atoms with Crippen molar-refractivity contribution in [2.75, 3.05) is 13.7 Å². The molecule has 1 aromatic rings. The average Bonchev–Trinajstić information content (AvgIpc) is 2.84. The van der Waals surface area contributed by atoms with Crippen molar-refractivity contribution in [3.63, 3.8) is 0 Å². The van der Waals surface area contributed by atoms with Gasteiger partial charge in [0.05, 0.1) is 17.3 Å². The van der Waals surface area contributed by atoms with Crippen molar-refractivity contribution in [2.24, 2.45) is 0 Å². The maximum atomic E-state index is 5.57. The molecule has 19 heavy (non-hydrogen) atoms. The minimum absolute atomic E-state index is 0.0815. The highest BCUT2D eigenvalue weighted by Crippen LogP contribution is 2.32. The first kappa shape index (κ1) is 16.6. The number of thiazole rings is 1. The molecule has 0 aromatic carbocycles. The third-order valence-electron chi connectivity index (χ3n) is 3.63. The van der Waals surface area contributed by atoms with Crippen molar-refractivity contribution in [3.05, 3.63) is 16.1 Å². The van der Waals surface area contributed by atoms with E-state index in [4.69, 9.17) is 9.72 Å². The van der Waals surface area contributed by atoms with Crippen molar-refractivity contribution < 1.29 is 4.74 Å². The number of ether oxygens (including phenoxy) is 1. The number of nitrogens with zero attached hydrogens (tertiary/aromatic N) is 1. The van der Waals surface area contributed by atoms with Crippen LogP contribution < -0.4 is 5.32 Å². The molecule has 2 unspecified atom stereocenters. The lowest BCUT2D eigenvalue weighted by molar-refractivity contribution is 0.0361. The molecule has 0 aliphatic rings. The zero-order valence-corrected chi connectivity index (χ0v) is 14.1. The molecule has 1 N–H and O–H groups in total. The Morgan fingerprint density at radius 2 is 2.00 bits per heavy atom. The maximum Gasteiger partial charge on any atom is 0.115 e. The van der Waals surface area contributed by atoms with E-state index in [-0.39, 0.29) is 17.1 Å². The summed E-state index contributed by atoms with van der Waals surface area (Å²) >= 11 is 1.72. The SMILES string of the molecule is CCCNC(C)(c1nc(C(C)(C)C)cs1)C(C)OC. The van der Waals surface area contributed by atoms with Crippen LogP contribution in [0.5, 0.6) is 0 Å². The van der Waals surface area contributed by atoms with E-state index in [1.54, 1.807) is 18.4 Å². The van der Waals surface area contributed by atoms with Crippen molar-refractivity contribution in [3.8, 4) is 0 Å². The first-order valence-electron chi connectivity index (χ1n) is 7.00. The molecule has 0 saturated heterocycles. The fourth-order valence-electron chi connectivity index (χ4n) is 1.87. The maximum absolute atomic E-state index is 5.57. The number of hydrogen-bond donors (Lipinski definition) is 1. The molecule has 3 nitrogen and oxygen atoms in total. The van der Waals surface area contributed by atoms with Gasteiger partial charge in [-0.15, -0.1) is 11.3 Å². The largest absolute Gasteiger partial charge is 0.379 e. The molecule has 0 saturated carbocycles. The minimum atomic E-state index is -0.223. The smallest absolute Gasteiger partial charge is 0.115 e. The van der Waals surface area contributed by atoms with Gasteiger partial charge in [-0.25, -0.2) is 4.98 Å². The Kier molecular flexibility index (Phi) is 5.53. The first-order chi connectivity index (χ1) is 8.75. The fourth-order valence-corrected chi connectivity index (χ4v) is 3.13. The van der Waals surface area contributed by atoms with E-state index in [1.807, 2.05) is 0 Å². The summed E-state index contributed by atoms with van der Waals surface area (Å²) in [6.07, 6.45) is 1.18. The predicted octanol–water partition coefficient (Wildman–Crippen LogP) is 3.69. The van der Waals surface area contributed by atoms with E-state index in [1.165, 1.54) is 0 Å². The molecule has 2 atom stereocenters. The Hall–Kier alpha value is -0.450. The Morgan fingerprint density at radius 3 is 2.42 bits per heavy atom. The highest BCUT2D eigenvalue weighted by atomic mass is 32.1. The molecule has 1 rings (SSSR count). The summed E-state index contributed by atoms with van der Waals surface area (Å²) in [5.74, 6) is 0. The topological polar surface area (TPSA) is 34.2 Å². The lowest BCUT2D eigenvalue weighted by atomic mass is 9.92. The normalized spacial score (nSPS) is 17.2. The highest BCUT2D eigenvalue weighted by Gasteiger charge is 2.36. The van der Waals surface area contributed by atoms with Crippen LogP contribution in [-0.2, 0) is 15.7 Å². The molecule has 0 aliphatic carbocycles. The Balaban J connectivity index is 3.07. The van der Waals surface area contributed by atoms with Crippen LogP contribution in [0.3, 0.4) is 0 Å². The van der Waals surface area contributed by atoms with Gasteiger partial charge in [-0.2, -0.15) is 0 Å². The molecule has 0 aliphatic heterocycles. The van der Waals surface area contributed by atoms with Gasteiger partial charge in [-0.05, 0) is 26.8 Å². The van der Waals surface area contributed by atoms with Gasteiger partial charge in [0.1, 0.15) is 5.01 Å². The molecule has 1 aromatic heterocycles. The van der Waals surface area contributed by atoms with Crippen molar-refractivity contribution in [2.45, 2.75) is 65.0 Å². The summed E-state index contributed by atoms with van der Waals surface area (Å²) < 4.78 is 5.57. The highest BCUT2D eigenvalue weighted by molar-refractivity contribution is 7.09. The Morgan fingerprint density at radius 1 is 1.37 bits per heavy atom. The standard InChI is InChI=1S/C15H28N2OS/c1-8-9-16-15(6,11(2)18-7)13-17-12(10-19-13)14(3,4)5/h10-11,16H,8-9H2,1-7H3. The van der Waals surface area contributed by atoms with Crippen LogP contribution in [0, 0.1) is 0 Å². The van der Waals surface area contributed by atoms with Gasteiger partial charge in [0, 0.05) is 17.9 Å². The van der Waals surface area contributed by atoms with E-state index in [0.29, 0.717) is 0 Å². The molecule has 0 spiro atoms. The molecule has 1 heterocycles. The fraction of sp³-hybridized carbons (Fsp3) is 0.800. The summed E-state index contributed by atoms with van der Waals surface area (Å²) in [5.41, 5.74) is 1.02. The van der Waals surface area contributed by atoms with E-state index >= 15 is 0 Å². The summed E-state index contributed by atoms with van der Waals surface area (Å²) in [4.78, 5) is 4.85. The van der Waals surface area contributed by atoms with Crippen LogP contribution in [0.1, 0.15) is 58.7 Å². The molecule has 0 bridgehead atoms. The predicted molar refractivity (Wildman–Crippen MR) is 82.9 cm³/mol. The number of methoxy groups -OCH3 is 1. The quantitative estimate of drug-likeness (QED) is 0.865. The van der Waals surface area contributed by atoms with Gasteiger partial charge in [0.15, 0.2) is 0 Å². The summed E-state index contributed by atoms with van der Waals surface area (Å²) in [6.45, 7) is 14.0. The first-order valence-corrected chi connectivity index (χ1v) is 7.88. The third kappa shape index (κ3) is 3.77. The summed E-state index contributed by atoms with van der Waals surface area (Å²) in [7, 11) is 1.76. The van der Waals surface area contributed by atoms with Gasteiger partial charge in [0.25, 0.3) is 0 Å². The van der Waals surface area contributed by atoms with Gasteiger partial charge in [0.2, 0.25) is 0 Å². The molecule has 0 amide bonds. The van der Waals surface area contributed by atoms with Gasteiger partial charge in [-0.3, -0.25) is 0 Å². The number of hydrogen-bond acceptors (Lipinski definition) is 4. The molecular weight excluding hydrogens is 256 g/mol. The molecule has 4 heteroatoms. The van der Waals surface area contributed by atoms with E-state index in [0.717, 1.165) is 23.7 Å². The number of aromatic nitrogens is 1. The second-order valence-corrected chi connectivity index (χ2v) is 7.15. The second kappa shape index (κ2) is 6.33. The van der Waals surface area contributed by atoms with Crippen LogP contribution in [0.4, 0.5) is 0 Å². The van der Waals surface area contributed by atoms with E-state index in [9.17, 15) is 0 Å². The zero-order valence-electron chi connectivity index (χ0n) is 13.3. The van der Waals surface area contributed by atoms with Crippen molar-refractivity contribution in [1.82, 2.24) is 10.3 Å². The Bertz CT molecular complexity index is 397.